The molecule has 0 aliphatic carbocycles. The van der Waals surface area contributed by atoms with Crippen molar-refractivity contribution in [2.75, 3.05) is 20.5 Å². The molecule has 0 atom stereocenters. The van der Waals surface area contributed by atoms with E-state index < -0.39 is 0 Å². The molecule has 3 aromatic rings. The second-order valence-corrected chi connectivity index (χ2v) is 6.57. The minimum Gasteiger partial charge on any atom is -0.504 e. The Bertz CT molecular complexity index is 945. The molecule has 0 bridgehead atoms. The molecule has 0 saturated carbocycles. The zero-order chi connectivity index (χ0) is 18.7. The van der Waals surface area contributed by atoms with Gasteiger partial charge in [-0.15, -0.1) is 11.8 Å². The molecule has 136 valence electrons. The molecule has 1 N–H and O–H groups in total. The normalized spacial score (nSPS) is 10.9. The largest absolute Gasteiger partial charge is 0.504 e. The number of furan rings is 1. The van der Waals surface area contributed by atoms with Crippen molar-refractivity contribution in [1.29, 1.82) is 0 Å². The van der Waals surface area contributed by atoms with Gasteiger partial charge in [0, 0.05) is 17.4 Å². The van der Waals surface area contributed by atoms with E-state index in [0.29, 0.717) is 18.6 Å². The second-order valence-electron chi connectivity index (χ2n) is 5.76. The molecule has 26 heavy (non-hydrogen) atoms. The molecule has 6 heteroatoms. The molecule has 0 radical (unpaired) electrons. The third kappa shape index (κ3) is 3.51. The lowest BCUT2D eigenvalue weighted by Gasteiger charge is -2.06. The van der Waals surface area contributed by atoms with Gasteiger partial charge in [0.15, 0.2) is 11.5 Å². The Kier molecular flexibility index (Phi) is 5.42. The SMILES string of the molecule is COC(=O)CCc1ccc2oc(-c3ccc(O)c(OC)c3)c(SC)c2c1. The number of ether oxygens (including phenoxy) is 2. The minimum absolute atomic E-state index is 0.0863. The third-order valence-corrected chi connectivity index (χ3v) is 5.01. The number of aryl methyl sites for hydroxylation is 1. The average Bonchev–Trinajstić information content (AvgIpc) is 3.04. The maximum atomic E-state index is 11.4. The monoisotopic (exact) mass is 372 g/mol. The Morgan fingerprint density at radius 3 is 2.69 bits per heavy atom. The van der Waals surface area contributed by atoms with Crippen LogP contribution in [-0.2, 0) is 16.0 Å². The highest BCUT2D eigenvalue weighted by Crippen LogP contribution is 2.41. The summed E-state index contributed by atoms with van der Waals surface area (Å²) in [6.45, 7) is 0. The van der Waals surface area contributed by atoms with Crippen LogP contribution in [0, 0.1) is 0 Å². The van der Waals surface area contributed by atoms with E-state index in [2.05, 4.69) is 6.07 Å². The third-order valence-electron chi connectivity index (χ3n) is 4.20. The number of hydrogen-bond donors (Lipinski definition) is 1. The summed E-state index contributed by atoms with van der Waals surface area (Å²) in [6.07, 6.45) is 2.95. The molecular weight excluding hydrogens is 352 g/mol. The molecule has 0 amide bonds. The number of phenolic OH excluding ortho intramolecular Hbond substituents is 1. The van der Waals surface area contributed by atoms with Crippen molar-refractivity contribution in [3.8, 4) is 22.8 Å². The summed E-state index contributed by atoms with van der Waals surface area (Å²) >= 11 is 1.59. The van der Waals surface area contributed by atoms with Gasteiger partial charge in [-0.2, -0.15) is 0 Å². The van der Waals surface area contributed by atoms with Gasteiger partial charge in [-0.1, -0.05) is 6.07 Å². The van der Waals surface area contributed by atoms with Crippen LogP contribution in [0.25, 0.3) is 22.3 Å². The molecule has 0 aliphatic heterocycles. The molecular formula is C20H20O5S. The highest BCUT2D eigenvalue weighted by molar-refractivity contribution is 7.99. The Morgan fingerprint density at radius 2 is 2.00 bits per heavy atom. The van der Waals surface area contributed by atoms with Crippen molar-refractivity contribution >= 4 is 28.7 Å². The van der Waals surface area contributed by atoms with Crippen molar-refractivity contribution in [2.24, 2.45) is 0 Å². The summed E-state index contributed by atoms with van der Waals surface area (Å²) in [7, 11) is 2.91. The molecule has 0 spiro atoms. The lowest BCUT2D eigenvalue weighted by molar-refractivity contribution is -0.140. The van der Waals surface area contributed by atoms with Crippen LogP contribution in [0.3, 0.4) is 0 Å². The summed E-state index contributed by atoms with van der Waals surface area (Å²) < 4.78 is 16.0. The first-order valence-electron chi connectivity index (χ1n) is 8.11. The molecule has 2 aromatic carbocycles. The summed E-state index contributed by atoms with van der Waals surface area (Å²) in [5.41, 5.74) is 2.66. The van der Waals surface area contributed by atoms with Crippen LogP contribution in [0.2, 0.25) is 0 Å². The Balaban J connectivity index is 2.03. The van der Waals surface area contributed by atoms with Crippen LogP contribution in [0.1, 0.15) is 12.0 Å². The highest BCUT2D eigenvalue weighted by atomic mass is 32.2. The first-order chi connectivity index (χ1) is 12.6. The van der Waals surface area contributed by atoms with Gasteiger partial charge in [0.2, 0.25) is 0 Å². The van der Waals surface area contributed by atoms with Gasteiger partial charge in [0.25, 0.3) is 0 Å². The van der Waals surface area contributed by atoms with E-state index >= 15 is 0 Å². The summed E-state index contributed by atoms with van der Waals surface area (Å²) in [4.78, 5) is 12.4. The zero-order valence-corrected chi connectivity index (χ0v) is 15.7. The molecule has 0 unspecified atom stereocenters. The van der Waals surface area contributed by atoms with Crippen LogP contribution < -0.4 is 4.74 Å². The lowest BCUT2D eigenvalue weighted by atomic mass is 10.1. The van der Waals surface area contributed by atoms with Crippen molar-refractivity contribution in [2.45, 2.75) is 17.7 Å². The van der Waals surface area contributed by atoms with E-state index in [-0.39, 0.29) is 11.7 Å². The van der Waals surface area contributed by atoms with Crippen molar-refractivity contribution in [3.63, 3.8) is 0 Å². The smallest absolute Gasteiger partial charge is 0.305 e. The molecule has 1 heterocycles. The number of carbonyl (C=O) groups excluding carboxylic acids is 1. The number of rotatable bonds is 6. The van der Waals surface area contributed by atoms with Gasteiger partial charge in [-0.3, -0.25) is 4.79 Å². The number of fused-ring (bicyclic) bond motifs is 1. The topological polar surface area (TPSA) is 68.9 Å². The molecule has 0 fully saturated rings. The van der Waals surface area contributed by atoms with Crippen LogP contribution in [-0.4, -0.2) is 31.6 Å². The van der Waals surface area contributed by atoms with Gasteiger partial charge >= 0.3 is 5.97 Å². The summed E-state index contributed by atoms with van der Waals surface area (Å²) in [5.74, 6) is 0.993. The second kappa shape index (κ2) is 7.74. The van der Waals surface area contributed by atoms with Crippen LogP contribution in [0.15, 0.2) is 45.7 Å². The van der Waals surface area contributed by atoms with Gasteiger partial charge in [-0.25, -0.2) is 0 Å². The predicted molar refractivity (Wildman–Crippen MR) is 102 cm³/mol. The standard InChI is InChI=1S/C20H20O5S/c1-23-17-11-13(6-7-15(17)21)19-20(26-3)14-10-12(4-8-16(14)25-19)5-9-18(22)24-2/h4,6-8,10-11,21H,5,9H2,1-3H3. The van der Waals surface area contributed by atoms with Gasteiger partial charge in [0.05, 0.1) is 19.1 Å². The maximum absolute atomic E-state index is 11.4. The average molecular weight is 372 g/mol. The van der Waals surface area contributed by atoms with Crippen LogP contribution in [0.4, 0.5) is 0 Å². The van der Waals surface area contributed by atoms with E-state index in [1.54, 1.807) is 30.0 Å². The molecule has 5 nitrogen and oxygen atoms in total. The first kappa shape index (κ1) is 18.2. The van der Waals surface area contributed by atoms with E-state index in [1.807, 2.05) is 18.4 Å². The fraction of sp³-hybridized carbons (Fsp3) is 0.250. The number of methoxy groups -OCH3 is 2. The predicted octanol–water partition coefficient (Wildman–Crippen LogP) is 4.64. The number of thioether (sulfide) groups is 1. The molecule has 3 rings (SSSR count). The Labute approximate surface area is 155 Å². The summed E-state index contributed by atoms with van der Waals surface area (Å²) in [6, 6.07) is 11.1. The first-order valence-corrected chi connectivity index (χ1v) is 9.33. The number of hydrogen-bond acceptors (Lipinski definition) is 6. The number of benzene rings is 2. The van der Waals surface area contributed by atoms with Gasteiger partial charge in [0.1, 0.15) is 11.3 Å². The van der Waals surface area contributed by atoms with E-state index in [1.165, 1.54) is 14.2 Å². The maximum Gasteiger partial charge on any atom is 0.305 e. The minimum atomic E-state index is -0.223. The lowest BCUT2D eigenvalue weighted by Crippen LogP contribution is -2.01. The van der Waals surface area contributed by atoms with E-state index in [0.717, 1.165) is 32.8 Å². The van der Waals surface area contributed by atoms with Gasteiger partial charge < -0.3 is 19.0 Å². The fourth-order valence-electron chi connectivity index (χ4n) is 2.84. The van der Waals surface area contributed by atoms with Crippen molar-refractivity contribution < 1.29 is 23.8 Å². The summed E-state index contributed by atoms with van der Waals surface area (Å²) in [5, 5.41) is 10.8. The van der Waals surface area contributed by atoms with E-state index in [9.17, 15) is 9.90 Å². The number of carbonyl (C=O) groups is 1. The number of phenols is 1. The molecule has 0 saturated heterocycles. The number of aromatic hydroxyl groups is 1. The van der Waals surface area contributed by atoms with Crippen LogP contribution >= 0.6 is 11.8 Å². The van der Waals surface area contributed by atoms with Gasteiger partial charge in [-0.05, 0) is 48.6 Å². The highest BCUT2D eigenvalue weighted by Gasteiger charge is 2.17. The zero-order valence-electron chi connectivity index (χ0n) is 14.9. The quantitative estimate of drug-likeness (QED) is 0.502. The number of esters is 1. The molecule has 0 aliphatic rings. The Hall–Kier alpha value is -2.60. The Morgan fingerprint density at radius 1 is 1.19 bits per heavy atom. The van der Waals surface area contributed by atoms with Crippen molar-refractivity contribution in [3.05, 3.63) is 42.0 Å². The molecule has 1 aromatic heterocycles. The fourth-order valence-corrected chi connectivity index (χ4v) is 3.56. The van der Waals surface area contributed by atoms with Crippen molar-refractivity contribution in [1.82, 2.24) is 0 Å². The van der Waals surface area contributed by atoms with E-state index in [4.69, 9.17) is 13.9 Å². The van der Waals surface area contributed by atoms with Crippen LogP contribution in [0.5, 0.6) is 11.5 Å².